The molecular formula is C21H39O10P. The summed E-state index contributed by atoms with van der Waals surface area (Å²) in [6.45, 7) is 14.2. The van der Waals surface area contributed by atoms with Crippen molar-refractivity contribution >= 4 is 7.82 Å². The molecule has 0 aromatic carbocycles. The molecule has 0 amide bonds. The molecule has 0 spiro atoms. The number of phosphoric acid groups is 1. The first kappa shape index (κ1) is 26.5. The lowest BCUT2D eigenvalue weighted by molar-refractivity contribution is 0.0175. The van der Waals surface area contributed by atoms with E-state index in [0.29, 0.717) is 19.8 Å². The average Bonchev–Trinajstić information content (AvgIpc) is 3.64. The van der Waals surface area contributed by atoms with Crippen LogP contribution in [0.5, 0.6) is 0 Å². The fourth-order valence-electron chi connectivity index (χ4n) is 3.12. The molecule has 3 fully saturated rings. The Morgan fingerprint density at radius 3 is 1.06 bits per heavy atom. The number of hydrogen-bond acceptors (Lipinski definition) is 10. The highest BCUT2D eigenvalue weighted by Crippen LogP contribution is 2.49. The molecule has 3 aliphatic heterocycles. The SMILES string of the molecule is CC1OC1(C)COCCOP(=O)(OCCOCC1(C)OC1C)OCCOCC1(C)OC1C. The molecule has 0 radical (unpaired) electrons. The van der Waals surface area contributed by atoms with Crippen LogP contribution in [0.1, 0.15) is 41.5 Å². The summed E-state index contributed by atoms with van der Waals surface area (Å²) in [6.07, 6.45) is 0.538. The summed E-state index contributed by atoms with van der Waals surface area (Å²) >= 11 is 0. The molecule has 32 heavy (non-hydrogen) atoms. The van der Waals surface area contributed by atoms with Crippen LogP contribution in [0, 0.1) is 0 Å². The van der Waals surface area contributed by atoms with Crippen molar-refractivity contribution in [3.8, 4) is 0 Å². The smallest absolute Gasteiger partial charge is 0.376 e. The first-order valence-electron chi connectivity index (χ1n) is 11.3. The van der Waals surface area contributed by atoms with Gasteiger partial charge in [0.25, 0.3) is 0 Å². The molecule has 10 nitrogen and oxygen atoms in total. The van der Waals surface area contributed by atoms with E-state index in [9.17, 15) is 4.57 Å². The Bertz CT molecular complexity index is 579. The maximum absolute atomic E-state index is 13.0. The van der Waals surface area contributed by atoms with Gasteiger partial charge in [0.15, 0.2) is 0 Å². The highest BCUT2D eigenvalue weighted by atomic mass is 31.2. The fraction of sp³-hybridized carbons (Fsp3) is 1.00. The van der Waals surface area contributed by atoms with E-state index in [1.807, 2.05) is 41.5 Å². The molecule has 188 valence electrons. The molecule has 6 unspecified atom stereocenters. The lowest BCUT2D eigenvalue weighted by Gasteiger charge is -2.19. The third-order valence-corrected chi connectivity index (χ3v) is 7.84. The highest BCUT2D eigenvalue weighted by Gasteiger charge is 2.50. The number of phosphoric ester groups is 1. The van der Waals surface area contributed by atoms with Crippen LogP contribution in [0.3, 0.4) is 0 Å². The van der Waals surface area contributed by atoms with Crippen LogP contribution in [0.25, 0.3) is 0 Å². The molecule has 0 aromatic rings. The summed E-state index contributed by atoms with van der Waals surface area (Å²) in [5, 5.41) is 0. The summed E-state index contributed by atoms with van der Waals surface area (Å²) in [5.74, 6) is 0. The number of epoxide rings is 3. The summed E-state index contributed by atoms with van der Waals surface area (Å²) in [4.78, 5) is 0. The van der Waals surface area contributed by atoms with Gasteiger partial charge in [-0.25, -0.2) is 4.57 Å². The molecule has 0 aromatic heterocycles. The van der Waals surface area contributed by atoms with Gasteiger partial charge in [-0.2, -0.15) is 0 Å². The van der Waals surface area contributed by atoms with Crippen LogP contribution in [0.2, 0.25) is 0 Å². The predicted molar refractivity (Wildman–Crippen MR) is 115 cm³/mol. The third kappa shape index (κ3) is 7.70. The van der Waals surface area contributed by atoms with Crippen LogP contribution in [0.15, 0.2) is 0 Å². The van der Waals surface area contributed by atoms with Gasteiger partial charge < -0.3 is 28.4 Å². The Labute approximate surface area is 191 Å². The van der Waals surface area contributed by atoms with Crippen LogP contribution >= 0.6 is 7.82 Å². The third-order valence-electron chi connectivity index (χ3n) is 6.34. The van der Waals surface area contributed by atoms with E-state index in [1.54, 1.807) is 0 Å². The first-order valence-corrected chi connectivity index (χ1v) is 12.8. The Kier molecular flexibility index (Phi) is 8.81. The van der Waals surface area contributed by atoms with Crippen molar-refractivity contribution in [3.05, 3.63) is 0 Å². The second kappa shape index (κ2) is 10.6. The molecule has 0 saturated carbocycles. The van der Waals surface area contributed by atoms with Gasteiger partial charge in [0.2, 0.25) is 0 Å². The van der Waals surface area contributed by atoms with Crippen molar-refractivity contribution in [1.29, 1.82) is 0 Å². The van der Waals surface area contributed by atoms with Gasteiger partial charge in [0, 0.05) is 0 Å². The van der Waals surface area contributed by atoms with Crippen LogP contribution in [0.4, 0.5) is 0 Å². The minimum absolute atomic E-state index is 0.0658. The summed E-state index contributed by atoms with van der Waals surface area (Å²) < 4.78 is 62.3. The highest BCUT2D eigenvalue weighted by molar-refractivity contribution is 7.48. The monoisotopic (exact) mass is 482 g/mol. The quantitative estimate of drug-likeness (QED) is 0.164. The van der Waals surface area contributed by atoms with Crippen LogP contribution in [-0.2, 0) is 46.6 Å². The van der Waals surface area contributed by atoms with Gasteiger partial charge in [0.1, 0.15) is 16.8 Å². The Hall–Kier alpha value is -0.130. The zero-order valence-corrected chi connectivity index (χ0v) is 21.0. The van der Waals surface area contributed by atoms with Crippen molar-refractivity contribution in [1.82, 2.24) is 0 Å². The molecule has 11 heteroatoms. The largest absolute Gasteiger partial charge is 0.475 e. The van der Waals surface area contributed by atoms with Crippen molar-refractivity contribution in [2.45, 2.75) is 76.7 Å². The maximum atomic E-state index is 13.0. The van der Waals surface area contributed by atoms with Crippen LogP contribution < -0.4 is 0 Å². The number of rotatable bonds is 18. The van der Waals surface area contributed by atoms with Crippen molar-refractivity contribution in [3.63, 3.8) is 0 Å². The molecule has 3 heterocycles. The van der Waals surface area contributed by atoms with E-state index in [1.165, 1.54) is 0 Å². The van der Waals surface area contributed by atoms with E-state index in [2.05, 4.69) is 0 Å². The average molecular weight is 483 g/mol. The summed E-state index contributed by atoms with van der Waals surface area (Å²) in [6, 6.07) is 0. The second-order valence-corrected chi connectivity index (χ2v) is 11.0. The van der Waals surface area contributed by atoms with Crippen LogP contribution in [-0.4, -0.2) is 94.6 Å². The molecule has 3 saturated heterocycles. The maximum Gasteiger partial charge on any atom is 0.475 e. The van der Waals surface area contributed by atoms with E-state index < -0.39 is 7.82 Å². The summed E-state index contributed by atoms with van der Waals surface area (Å²) in [5.41, 5.74) is -0.738. The van der Waals surface area contributed by atoms with Gasteiger partial charge in [-0.15, -0.1) is 0 Å². The predicted octanol–water partition coefficient (Wildman–Crippen LogP) is 2.73. The Morgan fingerprint density at radius 2 is 0.844 bits per heavy atom. The Balaban J connectivity index is 1.32. The topological polar surface area (TPSA) is 110 Å². The van der Waals surface area contributed by atoms with Gasteiger partial charge >= 0.3 is 7.82 Å². The first-order chi connectivity index (χ1) is 15.0. The van der Waals surface area contributed by atoms with Crippen molar-refractivity contribution < 1.29 is 46.6 Å². The lowest BCUT2D eigenvalue weighted by atomic mass is 10.1. The summed E-state index contributed by atoms with van der Waals surface area (Å²) in [7, 11) is -3.79. The molecule has 3 rings (SSSR count). The molecule has 0 N–H and O–H groups in total. The van der Waals surface area contributed by atoms with Crippen molar-refractivity contribution in [2.75, 3.05) is 59.5 Å². The lowest BCUT2D eigenvalue weighted by Crippen LogP contribution is -2.21. The number of ether oxygens (including phenoxy) is 6. The minimum Gasteiger partial charge on any atom is -0.376 e. The molecule has 0 bridgehead atoms. The zero-order valence-electron chi connectivity index (χ0n) is 20.1. The molecular weight excluding hydrogens is 443 g/mol. The second-order valence-electron chi connectivity index (χ2n) is 9.32. The Morgan fingerprint density at radius 1 is 0.594 bits per heavy atom. The van der Waals surface area contributed by atoms with Gasteiger partial charge in [-0.3, -0.25) is 13.6 Å². The molecule has 0 aliphatic carbocycles. The standard InChI is InChI=1S/C21H39O10P/c1-16-19(4,29-16)13-23-7-10-26-32(22,27-11-8-24-14-20(5)17(2)30-20)28-12-9-25-15-21(6)18(3)31-21/h16-18H,7-15H2,1-6H3. The minimum atomic E-state index is -3.79. The molecule has 3 aliphatic rings. The van der Waals surface area contributed by atoms with E-state index in [0.717, 1.165) is 0 Å². The van der Waals surface area contributed by atoms with Gasteiger partial charge in [-0.05, 0) is 41.5 Å². The van der Waals surface area contributed by atoms with E-state index in [4.69, 9.17) is 42.0 Å². The zero-order chi connectivity index (χ0) is 23.5. The van der Waals surface area contributed by atoms with E-state index in [-0.39, 0.29) is 74.8 Å². The van der Waals surface area contributed by atoms with Gasteiger partial charge in [0.05, 0.1) is 77.8 Å². The molecule has 6 atom stereocenters. The van der Waals surface area contributed by atoms with E-state index >= 15 is 0 Å². The normalized spacial score (nSPS) is 39.6. The van der Waals surface area contributed by atoms with Gasteiger partial charge in [-0.1, -0.05) is 0 Å². The number of hydrogen-bond donors (Lipinski definition) is 0. The van der Waals surface area contributed by atoms with Crippen molar-refractivity contribution in [2.24, 2.45) is 0 Å². The fourth-order valence-corrected chi connectivity index (χ4v) is 4.24.